The minimum Gasteiger partial charge on any atom is -0.486 e. The zero-order valence-electron chi connectivity index (χ0n) is 24.0. The van der Waals surface area contributed by atoms with Crippen LogP contribution in [0.2, 0.25) is 5.02 Å². The summed E-state index contributed by atoms with van der Waals surface area (Å²) in [4.78, 5) is 29.0. The van der Waals surface area contributed by atoms with Gasteiger partial charge in [-0.2, -0.15) is 0 Å². The maximum atomic E-state index is 14.2. The number of hydrogen-bond acceptors (Lipinski definition) is 6. The standard InChI is InChI=1S/C31H36ClN3O6S/c1-4-22(3)33-31(37)27(5-2)34(20-23-11-13-24(32)14-12-23)30(36)21-35(42(38,39)26-9-7-6-8-10-26)25-15-16-28-29(19-25)41-18-17-40-28/h6-16,19,22,27H,4-5,17-18,20-21H2,1-3H3,(H,33,37)/t22-,27-/m1/s1. The van der Waals surface area contributed by atoms with Crippen LogP contribution >= 0.6 is 11.6 Å². The number of nitrogens with zero attached hydrogens (tertiary/aromatic N) is 2. The lowest BCUT2D eigenvalue weighted by molar-refractivity contribution is -0.140. The predicted octanol–water partition coefficient (Wildman–Crippen LogP) is 5.03. The van der Waals surface area contributed by atoms with Gasteiger partial charge in [0.15, 0.2) is 11.5 Å². The molecule has 4 rings (SSSR count). The highest BCUT2D eigenvalue weighted by Crippen LogP contribution is 2.36. The van der Waals surface area contributed by atoms with Gasteiger partial charge >= 0.3 is 0 Å². The zero-order chi connectivity index (χ0) is 30.3. The van der Waals surface area contributed by atoms with Crippen LogP contribution < -0.4 is 19.1 Å². The van der Waals surface area contributed by atoms with Crippen LogP contribution in [0.3, 0.4) is 0 Å². The van der Waals surface area contributed by atoms with Gasteiger partial charge in [0.1, 0.15) is 25.8 Å². The molecule has 0 radical (unpaired) electrons. The molecule has 0 spiro atoms. The molecule has 11 heteroatoms. The molecule has 1 N–H and O–H groups in total. The molecule has 0 fully saturated rings. The summed E-state index contributed by atoms with van der Waals surface area (Å²) in [5, 5.41) is 3.51. The van der Waals surface area contributed by atoms with Gasteiger partial charge in [0.2, 0.25) is 11.8 Å². The third kappa shape index (κ3) is 7.35. The molecule has 42 heavy (non-hydrogen) atoms. The second kappa shape index (κ2) is 13.9. The van der Waals surface area contributed by atoms with Crippen LogP contribution in [-0.2, 0) is 26.2 Å². The first kappa shape index (κ1) is 31.2. The second-order valence-corrected chi connectivity index (χ2v) is 12.3. The first-order valence-electron chi connectivity index (χ1n) is 14.0. The lowest BCUT2D eigenvalue weighted by Gasteiger charge is -2.34. The van der Waals surface area contributed by atoms with Crippen LogP contribution in [-0.4, -0.2) is 57.0 Å². The Bertz CT molecular complexity index is 1480. The Labute approximate surface area is 252 Å². The number of amides is 2. The van der Waals surface area contributed by atoms with Crippen molar-refractivity contribution in [1.82, 2.24) is 10.2 Å². The molecule has 2 atom stereocenters. The average Bonchev–Trinajstić information content (AvgIpc) is 3.00. The summed E-state index contributed by atoms with van der Waals surface area (Å²) in [7, 11) is -4.19. The van der Waals surface area contributed by atoms with Gasteiger partial charge in [-0.05, 0) is 61.7 Å². The molecule has 0 aliphatic carbocycles. The summed E-state index contributed by atoms with van der Waals surface area (Å²) < 4.78 is 40.4. The molecule has 1 aliphatic heterocycles. The van der Waals surface area contributed by atoms with E-state index in [9.17, 15) is 18.0 Å². The first-order chi connectivity index (χ1) is 20.1. The van der Waals surface area contributed by atoms with Crippen LogP contribution in [0.1, 0.15) is 39.2 Å². The number of sulfonamides is 1. The van der Waals surface area contributed by atoms with Gasteiger partial charge in [0, 0.05) is 23.7 Å². The van der Waals surface area contributed by atoms with E-state index in [4.69, 9.17) is 21.1 Å². The van der Waals surface area contributed by atoms with Crippen molar-refractivity contribution in [3.05, 3.63) is 83.4 Å². The third-order valence-electron chi connectivity index (χ3n) is 7.08. The fourth-order valence-corrected chi connectivity index (χ4v) is 6.14. The van der Waals surface area contributed by atoms with E-state index >= 15 is 0 Å². The molecule has 0 saturated heterocycles. The summed E-state index contributed by atoms with van der Waals surface area (Å²) >= 11 is 6.08. The largest absolute Gasteiger partial charge is 0.486 e. The molecule has 0 aromatic heterocycles. The molecule has 2 amide bonds. The van der Waals surface area contributed by atoms with Crippen molar-refractivity contribution < 1.29 is 27.5 Å². The number of rotatable bonds is 12. The van der Waals surface area contributed by atoms with E-state index in [0.717, 1.165) is 16.3 Å². The Balaban J connectivity index is 1.75. The normalized spacial score (nSPS) is 14.0. The Morgan fingerprint density at radius 3 is 2.24 bits per heavy atom. The fourth-order valence-electron chi connectivity index (χ4n) is 4.58. The van der Waals surface area contributed by atoms with Crippen molar-refractivity contribution in [2.24, 2.45) is 0 Å². The predicted molar refractivity (Wildman–Crippen MR) is 162 cm³/mol. The van der Waals surface area contributed by atoms with Crippen molar-refractivity contribution in [2.45, 2.75) is 57.1 Å². The molecule has 0 bridgehead atoms. The minimum atomic E-state index is -4.19. The molecule has 9 nitrogen and oxygen atoms in total. The number of fused-ring (bicyclic) bond motifs is 1. The second-order valence-electron chi connectivity index (χ2n) is 10.0. The van der Waals surface area contributed by atoms with E-state index in [0.29, 0.717) is 36.2 Å². The molecule has 3 aromatic rings. The Morgan fingerprint density at radius 1 is 0.929 bits per heavy atom. The summed E-state index contributed by atoms with van der Waals surface area (Å²) in [6.45, 7) is 5.92. The van der Waals surface area contributed by atoms with Crippen molar-refractivity contribution in [1.29, 1.82) is 0 Å². The number of nitrogens with one attached hydrogen (secondary N) is 1. The van der Waals surface area contributed by atoms with Gasteiger partial charge in [-0.1, -0.05) is 55.8 Å². The third-order valence-corrected chi connectivity index (χ3v) is 9.12. The summed E-state index contributed by atoms with van der Waals surface area (Å²) in [6, 6.07) is 18.7. The maximum Gasteiger partial charge on any atom is 0.264 e. The SMILES string of the molecule is CC[C@@H](C)NC(=O)[C@@H](CC)N(Cc1ccc(Cl)cc1)C(=O)CN(c1ccc2c(c1)OCCO2)S(=O)(=O)c1ccccc1. The van der Waals surface area contributed by atoms with E-state index in [2.05, 4.69) is 5.32 Å². The van der Waals surface area contributed by atoms with Crippen LogP contribution in [0.25, 0.3) is 0 Å². The topological polar surface area (TPSA) is 105 Å². The van der Waals surface area contributed by atoms with Crippen molar-refractivity contribution >= 4 is 39.1 Å². The molecule has 1 aliphatic rings. The first-order valence-corrected chi connectivity index (χ1v) is 15.8. The summed E-state index contributed by atoms with van der Waals surface area (Å²) in [5.41, 5.74) is 0.985. The number of halogens is 1. The van der Waals surface area contributed by atoms with Gasteiger partial charge in [-0.3, -0.25) is 13.9 Å². The molecular formula is C31H36ClN3O6S. The monoisotopic (exact) mass is 613 g/mol. The van der Waals surface area contributed by atoms with Crippen LogP contribution in [0, 0.1) is 0 Å². The highest BCUT2D eigenvalue weighted by molar-refractivity contribution is 7.92. The summed E-state index contributed by atoms with van der Waals surface area (Å²) in [6.07, 6.45) is 1.05. The number of benzene rings is 3. The van der Waals surface area contributed by atoms with Crippen molar-refractivity contribution in [3.8, 4) is 11.5 Å². The lowest BCUT2D eigenvalue weighted by atomic mass is 10.1. The van der Waals surface area contributed by atoms with E-state index in [1.54, 1.807) is 60.7 Å². The summed E-state index contributed by atoms with van der Waals surface area (Å²) in [5.74, 6) is 0.0406. The highest BCUT2D eigenvalue weighted by Gasteiger charge is 2.34. The molecule has 3 aromatic carbocycles. The molecule has 224 valence electrons. The molecule has 0 unspecified atom stereocenters. The number of carbonyl (C=O) groups is 2. The smallest absolute Gasteiger partial charge is 0.264 e. The van der Waals surface area contributed by atoms with Crippen LogP contribution in [0.5, 0.6) is 11.5 Å². The Morgan fingerprint density at radius 2 is 1.60 bits per heavy atom. The van der Waals surface area contributed by atoms with Gasteiger partial charge in [-0.25, -0.2) is 8.42 Å². The molecule has 0 saturated carbocycles. The Hall–Kier alpha value is -3.76. The van der Waals surface area contributed by atoms with Gasteiger partial charge in [-0.15, -0.1) is 0 Å². The van der Waals surface area contributed by atoms with Crippen LogP contribution in [0.15, 0.2) is 77.7 Å². The van der Waals surface area contributed by atoms with Gasteiger partial charge in [0.05, 0.1) is 10.6 Å². The number of hydrogen-bond donors (Lipinski definition) is 1. The van der Waals surface area contributed by atoms with E-state index < -0.39 is 28.5 Å². The van der Waals surface area contributed by atoms with Gasteiger partial charge < -0.3 is 19.7 Å². The quantitative estimate of drug-likeness (QED) is 0.307. The van der Waals surface area contributed by atoms with E-state index in [1.165, 1.54) is 17.0 Å². The van der Waals surface area contributed by atoms with Gasteiger partial charge in [0.25, 0.3) is 10.0 Å². The van der Waals surface area contributed by atoms with Crippen molar-refractivity contribution in [2.75, 3.05) is 24.1 Å². The number of ether oxygens (including phenoxy) is 2. The number of carbonyl (C=O) groups excluding carboxylic acids is 2. The lowest BCUT2D eigenvalue weighted by Crippen LogP contribution is -2.53. The van der Waals surface area contributed by atoms with E-state index in [-0.39, 0.29) is 29.1 Å². The molecular weight excluding hydrogens is 578 g/mol. The fraction of sp³-hybridized carbons (Fsp3) is 0.355. The number of anilines is 1. The maximum absolute atomic E-state index is 14.2. The van der Waals surface area contributed by atoms with E-state index in [1.807, 2.05) is 20.8 Å². The minimum absolute atomic E-state index is 0.0264. The average molecular weight is 614 g/mol. The molecule has 1 heterocycles. The highest BCUT2D eigenvalue weighted by atomic mass is 35.5. The Kier molecular flexibility index (Phi) is 10.3. The van der Waals surface area contributed by atoms with Crippen LogP contribution in [0.4, 0.5) is 5.69 Å². The zero-order valence-corrected chi connectivity index (χ0v) is 25.5. The van der Waals surface area contributed by atoms with Crippen molar-refractivity contribution in [3.63, 3.8) is 0 Å².